The summed E-state index contributed by atoms with van der Waals surface area (Å²) in [6.07, 6.45) is -5.01. The molecule has 0 amide bonds. The van der Waals surface area contributed by atoms with Crippen LogP contribution in [0.5, 0.6) is 0 Å². The van der Waals surface area contributed by atoms with E-state index in [2.05, 4.69) is 0 Å². The number of hydrogen-bond acceptors (Lipinski definition) is 2. The number of alkyl halides is 3. The van der Waals surface area contributed by atoms with Gasteiger partial charge in [0, 0.05) is 5.92 Å². The Morgan fingerprint density at radius 2 is 2.00 bits per heavy atom. The van der Waals surface area contributed by atoms with Gasteiger partial charge in [0.2, 0.25) is 0 Å². The molecule has 1 aliphatic heterocycles. The predicted octanol–water partition coefficient (Wildman–Crippen LogP) is 3.16. The van der Waals surface area contributed by atoms with Crippen molar-refractivity contribution in [2.45, 2.75) is 31.7 Å². The largest absolute Gasteiger partial charge is 0.416 e. The van der Waals surface area contributed by atoms with Crippen LogP contribution in [-0.4, -0.2) is 17.8 Å². The average Bonchev–Trinajstić information content (AvgIpc) is 2.74. The van der Waals surface area contributed by atoms with E-state index in [1.54, 1.807) is 0 Å². The molecule has 5 heteroatoms. The van der Waals surface area contributed by atoms with Crippen LogP contribution in [0.4, 0.5) is 13.2 Å². The maximum atomic E-state index is 12.8. The van der Waals surface area contributed by atoms with Crippen molar-refractivity contribution in [3.05, 3.63) is 35.4 Å². The average molecular weight is 260 g/mol. The number of aliphatic hydroxyl groups is 1. The number of rotatable bonds is 2. The highest BCUT2D eigenvalue weighted by Crippen LogP contribution is 2.39. The van der Waals surface area contributed by atoms with Crippen LogP contribution in [0.15, 0.2) is 24.3 Å². The van der Waals surface area contributed by atoms with Crippen molar-refractivity contribution in [3.63, 3.8) is 0 Å². The van der Waals surface area contributed by atoms with Crippen LogP contribution < -0.4 is 0 Å². The Balaban J connectivity index is 2.28. The zero-order valence-electron chi connectivity index (χ0n) is 9.95. The molecule has 1 aliphatic rings. The smallest absolute Gasteiger partial charge is 0.388 e. The van der Waals surface area contributed by atoms with Gasteiger partial charge in [-0.3, -0.25) is 0 Å². The lowest BCUT2D eigenvalue weighted by molar-refractivity contribution is -0.139. The summed E-state index contributed by atoms with van der Waals surface area (Å²) in [6.45, 7) is 2.15. The van der Waals surface area contributed by atoms with Crippen LogP contribution in [0, 0.1) is 5.92 Å². The van der Waals surface area contributed by atoms with Gasteiger partial charge >= 0.3 is 6.18 Å². The molecule has 2 nitrogen and oxygen atoms in total. The van der Waals surface area contributed by atoms with E-state index in [0.717, 1.165) is 6.07 Å². The van der Waals surface area contributed by atoms with E-state index in [-0.39, 0.29) is 17.6 Å². The number of benzene rings is 1. The zero-order chi connectivity index (χ0) is 13.3. The van der Waals surface area contributed by atoms with Gasteiger partial charge in [0.15, 0.2) is 0 Å². The van der Waals surface area contributed by atoms with Crippen molar-refractivity contribution in [1.29, 1.82) is 0 Å². The third-order valence-corrected chi connectivity index (χ3v) is 3.26. The summed E-state index contributed by atoms with van der Waals surface area (Å²) in [5.74, 6) is -0.275. The highest BCUT2D eigenvalue weighted by Gasteiger charge is 2.37. The van der Waals surface area contributed by atoms with Gasteiger partial charge in [0.25, 0.3) is 0 Å². The van der Waals surface area contributed by atoms with E-state index in [4.69, 9.17) is 4.74 Å². The summed E-state index contributed by atoms with van der Waals surface area (Å²) in [7, 11) is 0. The third kappa shape index (κ3) is 2.67. The first-order chi connectivity index (χ1) is 8.39. The molecular weight excluding hydrogens is 245 g/mol. The van der Waals surface area contributed by atoms with Gasteiger partial charge in [-0.25, -0.2) is 0 Å². The van der Waals surface area contributed by atoms with E-state index >= 15 is 0 Å². The molecule has 0 spiro atoms. The van der Waals surface area contributed by atoms with E-state index in [1.807, 2.05) is 6.92 Å². The molecule has 1 saturated heterocycles. The Morgan fingerprint density at radius 3 is 2.56 bits per heavy atom. The highest BCUT2D eigenvalue weighted by atomic mass is 19.4. The fourth-order valence-electron chi connectivity index (χ4n) is 2.34. The Kier molecular flexibility index (Phi) is 3.64. The van der Waals surface area contributed by atoms with Gasteiger partial charge < -0.3 is 9.84 Å². The molecule has 100 valence electrons. The molecule has 1 heterocycles. The van der Waals surface area contributed by atoms with Crippen LogP contribution in [-0.2, 0) is 10.9 Å². The maximum absolute atomic E-state index is 12.8. The Bertz CT molecular complexity index is 417. The van der Waals surface area contributed by atoms with Crippen molar-refractivity contribution < 1.29 is 23.0 Å². The molecule has 3 atom stereocenters. The van der Waals surface area contributed by atoms with Crippen molar-refractivity contribution in [2.75, 3.05) is 6.61 Å². The second kappa shape index (κ2) is 4.90. The van der Waals surface area contributed by atoms with E-state index in [1.165, 1.54) is 18.2 Å². The fourth-order valence-corrected chi connectivity index (χ4v) is 2.34. The number of aliphatic hydroxyl groups excluding tert-OH is 1. The third-order valence-electron chi connectivity index (χ3n) is 3.26. The van der Waals surface area contributed by atoms with Crippen LogP contribution in [0.25, 0.3) is 0 Å². The normalized spacial score (nSPS) is 26.3. The molecule has 0 aromatic heterocycles. The van der Waals surface area contributed by atoms with Gasteiger partial charge in [-0.2, -0.15) is 13.2 Å². The van der Waals surface area contributed by atoms with Crippen molar-refractivity contribution in [1.82, 2.24) is 0 Å². The lowest BCUT2D eigenvalue weighted by atomic mass is 9.90. The summed E-state index contributed by atoms with van der Waals surface area (Å²) < 4.78 is 43.8. The van der Waals surface area contributed by atoms with E-state index in [0.29, 0.717) is 13.0 Å². The first kappa shape index (κ1) is 13.4. The number of ether oxygens (including phenoxy) is 1. The second-order valence-electron chi connectivity index (χ2n) is 4.67. The topological polar surface area (TPSA) is 29.5 Å². The summed E-state index contributed by atoms with van der Waals surface area (Å²) in [4.78, 5) is 0. The van der Waals surface area contributed by atoms with E-state index < -0.39 is 17.8 Å². The van der Waals surface area contributed by atoms with Gasteiger partial charge in [-0.15, -0.1) is 0 Å². The molecule has 18 heavy (non-hydrogen) atoms. The minimum Gasteiger partial charge on any atom is -0.388 e. The van der Waals surface area contributed by atoms with Crippen LogP contribution in [0.3, 0.4) is 0 Å². The van der Waals surface area contributed by atoms with Crippen molar-refractivity contribution >= 4 is 0 Å². The molecule has 1 aromatic rings. The van der Waals surface area contributed by atoms with Crippen LogP contribution >= 0.6 is 0 Å². The van der Waals surface area contributed by atoms with Crippen molar-refractivity contribution in [2.24, 2.45) is 5.92 Å². The maximum Gasteiger partial charge on any atom is 0.416 e. The standard InChI is InChI=1S/C13H15F3O2/c1-8-6-9(7-18-8)12(17)10-4-2-3-5-11(10)13(14,15)16/h2-5,8-9,12,17H,6-7H2,1H3. The van der Waals surface area contributed by atoms with Gasteiger partial charge in [-0.1, -0.05) is 18.2 Å². The molecule has 2 rings (SSSR count). The van der Waals surface area contributed by atoms with E-state index in [9.17, 15) is 18.3 Å². The molecular formula is C13H15F3O2. The molecule has 3 unspecified atom stereocenters. The highest BCUT2D eigenvalue weighted by molar-refractivity contribution is 5.32. The quantitative estimate of drug-likeness (QED) is 0.885. The summed E-state index contributed by atoms with van der Waals surface area (Å²) in [5, 5.41) is 10.1. The SMILES string of the molecule is CC1CC(C(O)c2ccccc2C(F)(F)F)CO1. The Labute approximate surface area is 103 Å². The summed E-state index contributed by atoms with van der Waals surface area (Å²) in [5.41, 5.74) is -0.829. The minimum atomic E-state index is -4.44. The number of halogens is 3. The van der Waals surface area contributed by atoms with Gasteiger partial charge in [0.1, 0.15) is 0 Å². The fraction of sp³-hybridized carbons (Fsp3) is 0.538. The second-order valence-corrected chi connectivity index (χ2v) is 4.67. The summed E-state index contributed by atoms with van der Waals surface area (Å²) >= 11 is 0. The number of hydrogen-bond donors (Lipinski definition) is 1. The molecule has 1 aromatic carbocycles. The summed E-state index contributed by atoms with van der Waals surface area (Å²) in [6, 6.07) is 5.16. The minimum absolute atomic E-state index is 0.0114. The monoisotopic (exact) mass is 260 g/mol. The van der Waals surface area contributed by atoms with Gasteiger partial charge in [-0.05, 0) is 25.0 Å². The molecule has 0 saturated carbocycles. The molecule has 0 radical (unpaired) electrons. The first-order valence-corrected chi connectivity index (χ1v) is 5.85. The van der Waals surface area contributed by atoms with Crippen molar-refractivity contribution in [3.8, 4) is 0 Å². The lowest BCUT2D eigenvalue weighted by Gasteiger charge is -2.21. The van der Waals surface area contributed by atoms with Crippen LogP contribution in [0.1, 0.15) is 30.6 Å². The van der Waals surface area contributed by atoms with Gasteiger partial charge in [0.05, 0.1) is 24.4 Å². The molecule has 0 aliphatic carbocycles. The molecule has 0 bridgehead atoms. The predicted molar refractivity (Wildman–Crippen MR) is 59.9 cm³/mol. The Morgan fingerprint density at radius 1 is 1.33 bits per heavy atom. The lowest BCUT2D eigenvalue weighted by Crippen LogP contribution is -2.18. The Hall–Kier alpha value is -1.07. The zero-order valence-corrected chi connectivity index (χ0v) is 9.95. The van der Waals surface area contributed by atoms with Crippen LogP contribution in [0.2, 0.25) is 0 Å². The molecule has 1 fully saturated rings. The first-order valence-electron chi connectivity index (χ1n) is 5.85. The molecule has 1 N–H and O–H groups in total.